The van der Waals surface area contributed by atoms with Gasteiger partial charge in [-0.15, -0.1) is 0 Å². The van der Waals surface area contributed by atoms with Crippen molar-refractivity contribution in [1.82, 2.24) is 0 Å². The standard InChI is InChI=1S/C13H19NO/c1-9(5-6-14)11-3-4-13-12(8-11)7-10(2)15-13/h3-4,8-10H,5-7,14H2,1-2H3. The van der Waals surface area contributed by atoms with Crippen LogP contribution in [0.5, 0.6) is 5.75 Å². The van der Waals surface area contributed by atoms with Crippen LogP contribution in [-0.2, 0) is 6.42 Å². The van der Waals surface area contributed by atoms with Gasteiger partial charge in [0.25, 0.3) is 0 Å². The molecule has 1 aromatic carbocycles. The van der Waals surface area contributed by atoms with Crippen molar-refractivity contribution in [1.29, 1.82) is 0 Å². The molecule has 0 amide bonds. The normalized spacial score (nSPS) is 20.9. The van der Waals surface area contributed by atoms with E-state index in [2.05, 4.69) is 32.0 Å². The Hall–Kier alpha value is -1.02. The van der Waals surface area contributed by atoms with Crippen LogP contribution in [0.15, 0.2) is 18.2 Å². The quantitative estimate of drug-likeness (QED) is 0.822. The van der Waals surface area contributed by atoms with Crippen molar-refractivity contribution in [2.75, 3.05) is 6.54 Å². The predicted molar refractivity (Wildman–Crippen MR) is 62.3 cm³/mol. The van der Waals surface area contributed by atoms with E-state index in [0.717, 1.165) is 25.1 Å². The molecule has 2 nitrogen and oxygen atoms in total. The Labute approximate surface area is 91.4 Å². The molecule has 0 radical (unpaired) electrons. The van der Waals surface area contributed by atoms with Gasteiger partial charge in [0.15, 0.2) is 0 Å². The van der Waals surface area contributed by atoms with Crippen LogP contribution < -0.4 is 10.5 Å². The second-order valence-corrected chi connectivity index (χ2v) is 4.48. The predicted octanol–water partition coefficient (Wildman–Crippen LogP) is 2.46. The second-order valence-electron chi connectivity index (χ2n) is 4.48. The van der Waals surface area contributed by atoms with Gasteiger partial charge in [0.1, 0.15) is 11.9 Å². The molecular formula is C13H19NO. The van der Waals surface area contributed by atoms with Gasteiger partial charge in [0.2, 0.25) is 0 Å². The van der Waals surface area contributed by atoms with Crippen molar-refractivity contribution in [2.24, 2.45) is 5.73 Å². The van der Waals surface area contributed by atoms with E-state index in [1.54, 1.807) is 0 Å². The molecule has 82 valence electrons. The molecule has 2 heteroatoms. The Morgan fingerprint density at radius 2 is 2.33 bits per heavy atom. The summed E-state index contributed by atoms with van der Waals surface area (Å²) >= 11 is 0. The molecule has 2 N–H and O–H groups in total. The molecule has 0 aromatic heterocycles. The van der Waals surface area contributed by atoms with Crippen LogP contribution in [0.2, 0.25) is 0 Å². The number of rotatable bonds is 3. The topological polar surface area (TPSA) is 35.2 Å². The fourth-order valence-electron chi connectivity index (χ4n) is 2.17. The monoisotopic (exact) mass is 205 g/mol. The second kappa shape index (κ2) is 4.23. The Kier molecular flexibility index (Phi) is 2.96. The molecule has 0 aliphatic carbocycles. The fourth-order valence-corrected chi connectivity index (χ4v) is 2.17. The van der Waals surface area contributed by atoms with Crippen LogP contribution in [-0.4, -0.2) is 12.6 Å². The maximum absolute atomic E-state index is 5.68. The number of hydrogen-bond acceptors (Lipinski definition) is 2. The summed E-state index contributed by atoms with van der Waals surface area (Å²) in [5.74, 6) is 1.61. The highest BCUT2D eigenvalue weighted by atomic mass is 16.5. The van der Waals surface area contributed by atoms with Crippen LogP contribution in [0.3, 0.4) is 0 Å². The van der Waals surface area contributed by atoms with Crippen molar-refractivity contribution in [3.8, 4) is 5.75 Å². The van der Waals surface area contributed by atoms with Gasteiger partial charge in [-0.3, -0.25) is 0 Å². The molecule has 1 aromatic rings. The van der Waals surface area contributed by atoms with Crippen molar-refractivity contribution in [3.63, 3.8) is 0 Å². The van der Waals surface area contributed by atoms with E-state index in [4.69, 9.17) is 10.5 Å². The molecule has 2 unspecified atom stereocenters. The fraction of sp³-hybridized carbons (Fsp3) is 0.538. The smallest absolute Gasteiger partial charge is 0.123 e. The van der Waals surface area contributed by atoms with Crippen molar-refractivity contribution >= 4 is 0 Å². The van der Waals surface area contributed by atoms with Gasteiger partial charge in [0, 0.05) is 6.42 Å². The summed E-state index contributed by atoms with van der Waals surface area (Å²) in [5, 5.41) is 0. The van der Waals surface area contributed by atoms with Crippen molar-refractivity contribution in [3.05, 3.63) is 29.3 Å². The largest absolute Gasteiger partial charge is 0.490 e. The minimum absolute atomic E-state index is 0.333. The third-order valence-corrected chi connectivity index (χ3v) is 3.09. The van der Waals surface area contributed by atoms with Crippen molar-refractivity contribution < 1.29 is 4.74 Å². The van der Waals surface area contributed by atoms with Gasteiger partial charge in [0.05, 0.1) is 0 Å². The van der Waals surface area contributed by atoms with Gasteiger partial charge < -0.3 is 10.5 Å². The Balaban J connectivity index is 2.19. The zero-order chi connectivity index (χ0) is 10.8. The van der Waals surface area contributed by atoms with Crippen LogP contribution >= 0.6 is 0 Å². The first-order valence-electron chi connectivity index (χ1n) is 5.70. The lowest BCUT2D eigenvalue weighted by molar-refractivity contribution is 0.254. The highest BCUT2D eigenvalue weighted by Crippen LogP contribution is 2.32. The first kappa shape index (κ1) is 10.5. The molecule has 0 bridgehead atoms. The molecule has 15 heavy (non-hydrogen) atoms. The summed E-state index contributed by atoms with van der Waals surface area (Å²) in [6.45, 7) is 5.10. The van der Waals surface area contributed by atoms with Crippen molar-refractivity contribution in [2.45, 2.75) is 38.7 Å². The SMILES string of the molecule is CC1Cc2cc(C(C)CCN)ccc2O1. The number of ether oxygens (including phenoxy) is 1. The summed E-state index contributed by atoms with van der Waals surface area (Å²) < 4.78 is 5.68. The van der Waals surface area contributed by atoms with E-state index < -0.39 is 0 Å². The van der Waals surface area contributed by atoms with Crippen LogP contribution in [0.25, 0.3) is 0 Å². The number of benzene rings is 1. The van der Waals surface area contributed by atoms with Crippen LogP contribution in [0.4, 0.5) is 0 Å². The van der Waals surface area contributed by atoms with Gasteiger partial charge in [-0.1, -0.05) is 19.1 Å². The zero-order valence-corrected chi connectivity index (χ0v) is 9.49. The average molecular weight is 205 g/mol. The minimum Gasteiger partial charge on any atom is -0.490 e. The highest BCUT2D eigenvalue weighted by Gasteiger charge is 2.19. The lowest BCUT2D eigenvalue weighted by Gasteiger charge is -2.11. The Bertz CT molecular complexity index is 348. The first-order valence-corrected chi connectivity index (χ1v) is 5.70. The van der Waals surface area contributed by atoms with E-state index >= 15 is 0 Å². The van der Waals surface area contributed by atoms with E-state index in [-0.39, 0.29) is 0 Å². The van der Waals surface area contributed by atoms with Crippen LogP contribution in [0.1, 0.15) is 37.3 Å². The summed E-state index contributed by atoms with van der Waals surface area (Å²) in [6, 6.07) is 6.54. The number of fused-ring (bicyclic) bond motifs is 1. The molecular weight excluding hydrogens is 186 g/mol. The van der Waals surface area contributed by atoms with Gasteiger partial charge in [-0.25, -0.2) is 0 Å². The number of hydrogen-bond donors (Lipinski definition) is 1. The molecule has 0 spiro atoms. The average Bonchev–Trinajstić information content (AvgIpc) is 2.57. The molecule has 1 aliphatic rings. The van der Waals surface area contributed by atoms with E-state index in [0.29, 0.717) is 12.0 Å². The molecule has 1 aliphatic heterocycles. The van der Waals surface area contributed by atoms with E-state index in [1.165, 1.54) is 11.1 Å². The maximum Gasteiger partial charge on any atom is 0.123 e. The maximum atomic E-state index is 5.68. The molecule has 1 heterocycles. The summed E-state index contributed by atoms with van der Waals surface area (Å²) in [5.41, 5.74) is 8.31. The molecule has 2 rings (SSSR count). The molecule has 2 atom stereocenters. The zero-order valence-electron chi connectivity index (χ0n) is 9.49. The van der Waals surface area contributed by atoms with Gasteiger partial charge in [-0.2, -0.15) is 0 Å². The number of nitrogens with two attached hydrogens (primary N) is 1. The molecule has 0 saturated carbocycles. The Morgan fingerprint density at radius 3 is 3.07 bits per heavy atom. The third kappa shape index (κ3) is 2.15. The van der Waals surface area contributed by atoms with E-state index in [1.807, 2.05) is 0 Å². The highest BCUT2D eigenvalue weighted by molar-refractivity contribution is 5.41. The van der Waals surface area contributed by atoms with Gasteiger partial charge >= 0.3 is 0 Å². The summed E-state index contributed by atoms with van der Waals surface area (Å²) in [6.07, 6.45) is 2.42. The summed E-state index contributed by atoms with van der Waals surface area (Å²) in [4.78, 5) is 0. The minimum atomic E-state index is 0.333. The van der Waals surface area contributed by atoms with Gasteiger partial charge in [-0.05, 0) is 43.0 Å². The molecule has 0 fully saturated rings. The lowest BCUT2D eigenvalue weighted by Crippen LogP contribution is -2.05. The molecule has 0 saturated heterocycles. The lowest BCUT2D eigenvalue weighted by atomic mass is 9.95. The first-order chi connectivity index (χ1) is 7.20. The summed E-state index contributed by atoms with van der Waals surface area (Å²) in [7, 11) is 0. The Morgan fingerprint density at radius 1 is 1.53 bits per heavy atom. The van der Waals surface area contributed by atoms with Crippen LogP contribution in [0, 0.1) is 0 Å². The third-order valence-electron chi connectivity index (χ3n) is 3.09. The van der Waals surface area contributed by atoms with E-state index in [9.17, 15) is 0 Å².